The number of rotatable bonds is 4. The predicted octanol–water partition coefficient (Wildman–Crippen LogP) is 1.99. The van der Waals surface area contributed by atoms with Gasteiger partial charge in [-0.05, 0) is 43.5 Å². The van der Waals surface area contributed by atoms with Crippen LogP contribution in [0.2, 0.25) is 0 Å². The Morgan fingerprint density at radius 3 is 2.74 bits per heavy atom. The van der Waals surface area contributed by atoms with Crippen LogP contribution in [0.3, 0.4) is 0 Å². The first-order valence-corrected chi connectivity index (χ1v) is 6.44. The van der Waals surface area contributed by atoms with Crippen LogP contribution in [0.4, 0.5) is 0 Å². The van der Waals surface area contributed by atoms with Gasteiger partial charge in [0.2, 0.25) is 0 Å². The molecule has 0 bridgehead atoms. The van der Waals surface area contributed by atoms with Crippen LogP contribution in [0.1, 0.15) is 18.9 Å². The number of phenolic OH excluding ortho intramolecular Hbond substituents is 1. The molecular formula is C14H23ClN2O2. The Bertz CT molecular complexity index is 414. The minimum atomic E-state index is 0. The Morgan fingerprint density at radius 1 is 1.47 bits per heavy atom. The van der Waals surface area contributed by atoms with Crippen molar-refractivity contribution in [3.05, 3.63) is 23.8 Å². The molecule has 0 radical (unpaired) electrons. The summed E-state index contributed by atoms with van der Waals surface area (Å²) in [5, 5.41) is 9.77. The van der Waals surface area contributed by atoms with Crippen molar-refractivity contribution >= 4 is 12.4 Å². The summed E-state index contributed by atoms with van der Waals surface area (Å²) in [5.41, 5.74) is 6.84. The fourth-order valence-corrected chi connectivity index (χ4v) is 2.68. The highest BCUT2D eigenvalue weighted by Crippen LogP contribution is 2.29. The second kappa shape index (κ2) is 6.98. The molecule has 1 aliphatic heterocycles. The van der Waals surface area contributed by atoms with E-state index in [0.717, 1.165) is 25.2 Å². The summed E-state index contributed by atoms with van der Waals surface area (Å²) in [4.78, 5) is 2.42. The molecular weight excluding hydrogens is 264 g/mol. The van der Waals surface area contributed by atoms with Crippen molar-refractivity contribution in [2.24, 2.45) is 11.7 Å². The topological polar surface area (TPSA) is 58.7 Å². The molecule has 1 aromatic carbocycles. The number of hydrogen-bond donors (Lipinski definition) is 2. The Morgan fingerprint density at radius 2 is 2.21 bits per heavy atom. The Balaban J connectivity index is 0.00000180. The van der Waals surface area contributed by atoms with Crippen LogP contribution >= 0.6 is 12.4 Å². The largest absolute Gasteiger partial charge is 0.504 e. The van der Waals surface area contributed by atoms with Gasteiger partial charge >= 0.3 is 0 Å². The number of benzene rings is 1. The fraction of sp³-hybridized carbons (Fsp3) is 0.571. The number of hydrogen-bond acceptors (Lipinski definition) is 4. The van der Waals surface area contributed by atoms with E-state index >= 15 is 0 Å². The summed E-state index contributed by atoms with van der Waals surface area (Å²) >= 11 is 0. The standard InChI is InChI=1S/C14H22N2O2.ClH/c1-10-5-12(7-15)9-16(10)8-11-3-4-14(18-2)13(17)6-11;/h3-4,6,10,12,17H,5,7-9,15H2,1-2H3;1H. The molecule has 0 amide bonds. The van der Waals surface area contributed by atoms with Crippen LogP contribution in [0, 0.1) is 5.92 Å². The third-order valence-corrected chi connectivity index (χ3v) is 3.75. The van der Waals surface area contributed by atoms with Crippen molar-refractivity contribution in [2.75, 3.05) is 20.2 Å². The fourth-order valence-electron chi connectivity index (χ4n) is 2.68. The molecule has 3 N–H and O–H groups in total. The number of aromatic hydroxyl groups is 1. The van der Waals surface area contributed by atoms with Crippen LogP contribution < -0.4 is 10.5 Å². The molecule has 5 heteroatoms. The van der Waals surface area contributed by atoms with Gasteiger partial charge in [0.1, 0.15) is 0 Å². The lowest BCUT2D eigenvalue weighted by atomic mass is 10.1. The third kappa shape index (κ3) is 3.75. The highest BCUT2D eigenvalue weighted by Gasteiger charge is 2.27. The van der Waals surface area contributed by atoms with Gasteiger partial charge in [-0.2, -0.15) is 0 Å². The molecule has 0 aliphatic carbocycles. The van der Waals surface area contributed by atoms with Gasteiger partial charge in [-0.1, -0.05) is 6.07 Å². The summed E-state index contributed by atoms with van der Waals surface area (Å²) < 4.78 is 5.05. The predicted molar refractivity (Wildman–Crippen MR) is 78.9 cm³/mol. The van der Waals surface area contributed by atoms with Crippen molar-refractivity contribution in [1.29, 1.82) is 0 Å². The van der Waals surface area contributed by atoms with E-state index in [-0.39, 0.29) is 18.2 Å². The lowest BCUT2D eigenvalue weighted by Gasteiger charge is -2.21. The maximum Gasteiger partial charge on any atom is 0.160 e. The first-order valence-electron chi connectivity index (χ1n) is 6.44. The summed E-state index contributed by atoms with van der Waals surface area (Å²) in [7, 11) is 1.56. The number of phenols is 1. The number of nitrogens with zero attached hydrogens (tertiary/aromatic N) is 1. The SMILES string of the molecule is COc1ccc(CN2CC(CN)CC2C)cc1O.Cl. The Kier molecular flexibility index (Phi) is 5.91. The zero-order chi connectivity index (χ0) is 13.1. The Labute approximate surface area is 121 Å². The van der Waals surface area contributed by atoms with Crippen LogP contribution in [0.15, 0.2) is 18.2 Å². The molecule has 4 nitrogen and oxygen atoms in total. The normalized spacial score (nSPS) is 23.1. The number of likely N-dealkylation sites (tertiary alicyclic amines) is 1. The zero-order valence-electron chi connectivity index (χ0n) is 11.5. The molecule has 19 heavy (non-hydrogen) atoms. The molecule has 2 atom stereocenters. The van der Waals surface area contributed by atoms with Gasteiger partial charge < -0.3 is 15.6 Å². The van der Waals surface area contributed by atoms with Crippen LogP contribution in [0.5, 0.6) is 11.5 Å². The highest BCUT2D eigenvalue weighted by atomic mass is 35.5. The van der Waals surface area contributed by atoms with Crippen LogP contribution in [-0.2, 0) is 6.54 Å². The van der Waals surface area contributed by atoms with E-state index in [9.17, 15) is 5.11 Å². The van der Waals surface area contributed by atoms with Crippen molar-refractivity contribution in [3.63, 3.8) is 0 Å². The molecule has 2 rings (SSSR count). The maximum absolute atomic E-state index is 9.77. The average Bonchev–Trinajstić information content (AvgIpc) is 2.70. The van der Waals surface area contributed by atoms with E-state index in [0.29, 0.717) is 17.7 Å². The summed E-state index contributed by atoms with van der Waals surface area (Å²) in [6.07, 6.45) is 1.17. The van der Waals surface area contributed by atoms with E-state index in [1.165, 1.54) is 6.42 Å². The first-order chi connectivity index (χ1) is 8.63. The van der Waals surface area contributed by atoms with Crippen molar-refractivity contribution in [3.8, 4) is 11.5 Å². The summed E-state index contributed by atoms with van der Waals surface area (Å²) in [6, 6.07) is 6.15. The summed E-state index contributed by atoms with van der Waals surface area (Å²) in [5.74, 6) is 1.33. The van der Waals surface area contributed by atoms with E-state index in [4.69, 9.17) is 10.5 Å². The molecule has 1 aromatic rings. The average molecular weight is 287 g/mol. The van der Waals surface area contributed by atoms with E-state index < -0.39 is 0 Å². The second-order valence-electron chi connectivity index (χ2n) is 5.12. The molecule has 1 saturated heterocycles. The molecule has 0 spiro atoms. The van der Waals surface area contributed by atoms with Gasteiger partial charge in [0, 0.05) is 19.1 Å². The third-order valence-electron chi connectivity index (χ3n) is 3.75. The van der Waals surface area contributed by atoms with Crippen LogP contribution in [0.25, 0.3) is 0 Å². The number of nitrogens with two attached hydrogens (primary N) is 1. The van der Waals surface area contributed by atoms with E-state index in [1.54, 1.807) is 13.2 Å². The maximum atomic E-state index is 9.77. The molecule has 108 valence electrons. The molecule has 0 saturated carbocycles. The van der Waals surface area contributed by atoms with Gasteiger partial charge in [-0.15, -0.1) is 12.4 Å². The molecule has 1 heterocycles. The molecule has 0 aromatic heterocycles. The van der Waals surface area contributed by atoms with Crippen LogP contribution in [-0.4, -0.2) is 36.2 Å². The molecule has 1 aliphatic rings. The zero-order valence-corrected chi connectivity index (χ0v) is 12.3. The van der Waals surface area contributed by atoms with Crippen molar-refractivity contribution < 1.29 is 9.84 Å². The number of halogens is 1. The Hall–Kier alpha value is -0.970. The molecule has 2 unspecified atom stereocenters. The van der Waals surface area contributed by atoms with Gasteiger partial charge in [0.15, 0.2) is 11.5 Å². The lowest BCUT2D eigenvalue weighted by Crippen LogP contribution is -2.27. The van der Waals surface area contributed by atoms with E-state index in [2.05, 4.69) is 11.8 Å². The number of ether oxygens (including phenoxy) is 1. The molecule has 1 fully saturated rings. The smallest absolute Gasteiger partial charge is 0.160 e. The highest BCUT2D eigenvalue weighted by molar-refractivity contribution is 5.85. The minimum Gasteiger partial charge on any atom is -0.504 e. The van der Waals surface area contributed by atoms with Gasteiger partial charge in [0.25, 0.3) is 0 Å². The van der Waals surface area contributed by atoms with Gasteiger partial charge in [-0.3, -0.25) is 4.90 Å². The van der Waals surface area contributed by atoms with Gasteiger partial charge in [0.05, 0.1) is 7.11 Å². The lowest BCUT2D eigenvalue weighted by molar-refractivity contribution is 0.255. The minimum absolute atomic E-state index is 0. The van der Waals surface area contributed by atoms with Crippen molar-refractivity contribution in [1.82, 2.24) is 4.90 Å². The van der Waals surface area contributed by atoms with E-state index in [1.807, 2.05) is 12.1 Å². The second-order valence-corrected chi connectivity index (χ2v) is 5.12. The quantitative estimate of drug-likeness (QED) is 0.889. The monoisotopic (exact) mass is 286 g/mol. The van der Waals surface area contributed by atoms with Gasteiger partial charge in [-0.25, -0.2) is 0 Å². The first kappa shape index (κ1) is 16.1. The summed E-state index contributed by atoms with van der Waals surface area (Å²) in [6.45, 7) is 4.90. The van der Waals surface area contributed by atoms with Crippen molar-refractivity contribution in [2.45, 2.75) is 25.9 Å². The number of methoxy groups -OCH3 is 1.